The molecule has 0 aromatic heterocycles. The van der Waals surface area contributed by atoms with Gasteiger partial charge < -0.3 is 0 Å². The molecule has 1 aromatic rings. The van der Waals surface area contributed by atoms with E-state index in [9.17, 15) is 12.8 Å². The quantitative estimate of drug-likeness (QED) is 0.843. The molecule has 1 saturated heterocycles. The monoisotopic (exact) mass is 296 g/mol. The lowest BCUT2D eigenvalue weighted by atomic mass is 10.0. The topological polar surface area (TPSA) is 61.2 Å². The highest BCUT2D eigenvalue weighted by Crippen LogP contribution is 2.31. The molecule has 6 heteroatoms. The Bertz CT molecular complexity index is 642. The van der Waals surface area contributed by atoms with Crippen molar-refractivity contribution in [1.29, 1.82) is 5.26 Å². The van der Waals surface area contributed by atoms with Crippen LogP contribution in [0.5, 0.6) is 0 Å². The van der Waals surface area contributed by atoms with Gasteiger partial charge in [-0.15, -0.1) is 0 Å². The largest absolute Gasteiger partial charge is 0.244 e. The first-order valence-electron chi connectivity index (χ1n) is 6.61. The number of sulfonamides is 1. The van der Waals surface area contributed by atoms with Crippen molar-refractivity contribution in [1.82, 2.24) is 4.31 Å². The highest BCUT2D eigenvalue weighted by atomic mass is 32.2. The molecule has 0 N–H and O–H groups in total. The molecular weight excluding hydrogens is 279 g/mol. The van der Waals surface area contributed by atoms with Gasteiger partial charge in [0, 0.05) is 12.1 Å². The molecule has 0 spiro atoms. The highest BCUT2D eigenvalue weighted by Gasteiger charge is 2.37. The molecule has 1 fully saturated rings. The normalized spacial score (nSPS) is 24.3. The number of rotatable bonds is 2. The molecule has 0 saturated carbocycles. The van der Waals surface area contributed by atoms with Crippen LogP contribution in [0.4, 0.5) is 4.39 Å². The third-order valence-corrected chi connectivity index (χ3v) is 5.93. The molecule has 2 unspecified atom stereocenters. The molecule has 0 radical (unpaired) electrons. The minimum Gasteiger partial charge on any atom is -0.207 e. The third kappa shape index (κ3) is 2.43. The van der Waals surface area contributed by atoms with Crippen LogP contribution in [0.25, 0.3) is 0 Å². The smallest absolute Gasteiger partial charge is 0.207 e. The zero-order chi connectivity index (χ0) is 14.9. The Morgan fingerprint density at radius 3 is 2.45 bits per heavy atom. The summed E-state index contributed by atoms with van der Waals surface area (Å²) >= 11 is 0. The van der Waals surface area contributed by atoms with Gasteiger partial charge in [-0.05, 0) is 38.8 Å². The lowest BCUT2D eigenvalue weighted by molar-refractivity contribution is 0.204. The Morgan fingerprint density at radius 1 is 1.30 bits per heavy atom. The van der Waals surface area contributed by atoms with E-state index in [0.29, 0.717) is 0 Å². The Labute approximate surface area is 118 Å². The van der Waals surface area contributed by atoms with E-state index >= 15 is 0 Å². The number of halogens is 1. The Balaban J connectivity index is 2.56. The number of nitrogens with zero attached hydrogens (tertiary/aromatic N) is 2. The van der Waals surface area contributed by atoms with Crippen LogP contribution in [0.2, 0.25) is 0 Å². The molecule has 0 aliphatic carbocycles. The Hall–Kier alpha value is -1.45. The first kappa shape index (κ1) is 14.9. The maximum atomic E-state index is 13.6. The van der Waals surface area contributed by atoms with Crippen molar-refractivity contribution < 1.29 is 12.8 Å². The van der Waals surface area contributed by atoms with Crippen LogP contribution in [0, 0.1) is 17.1 Å². The van der Waals surface area contributed by atoms with E-state index in [-0.39, 0.29) is 17.0 Å². The van der Waals surface area contributed by atoms with Gasteiger partial charge in [0.1, 0.15) is 22.3 Å². The third-order valence-electron chi connectivity index (χ3n) is 3.76. The number of piperidine rings is 1. The second-order valence-corrected chi connectivity index (χ2v) is 7.00. The van der Waals surface area contributed by atoms with Crippen LogP contribution >= 0.6 is 0 Å². The molecular formula is C14H17FN2O2S. The molecule has 20 heavy (non-hydrogen) atoms. The maximum absolute atomic E-state index is 13.6. The molecule has 2 rings (SSSR count). The second-order valence-electron chi connectivity index (χ2n) is 5.19. The lowest BCUT2D eigenvalue weighted by Crippen LogP contribution is -2.47. The van der Waals surface area contributed by atoms with Crippen molar-refractivity contribution in [2.75, 3.05) is 0 Å². The zero-order valence-corrected chi connectivity index (χ0v) is 12.3. The minimum atomic E-state index is -3.85. The van der Waals surface area contributed by atoms with Crippen molar-refractivity contribution in [2.24, 2.45) is 0 Å². The van der Waals surface area contributed by atoms with Gasteiger partial charge in [0.25, 0.3) is 0 Å². The standard InChI is InChI=1S/C14H17FN2O2S/c1-10-5-3-6-11(2)17(10)20(18,19)14-8-4-7-13(15)12(14)9-16/h4,7-8,10-11H,3,5-6H2,1-2H3. The zero-order valence-electron chi connectivity index (χ0n) is 11.5. The highest BCUT2D eigenvalue weighted by molar-refractivity contribution is 7.89. The molecule has 1 aliphatic heterocycles. The SMILES string of the molecule is CC1CCCC(C)N1S(=O)(=O)c1cccc(F)c1C#N. The van der Waals surface area contributed by atoms with Gasteiger partial charge >= 0.3 is 0 Å². The van der Waals surface area contributed by atoms with Crippen LogP contribution in [0.3, 0.4) is 0 Å². The van der Waals surface area contributed by atoms with E-state index in [1.165, 1.54) is 16.4 Å². The van der Waals surface area contributed by atoms with Gasteiger partial charge in [-0.3, -0.25) is 0 Å². The van der Waals surface area contributed by atoms with Crippen LogP contribution in [0.15, 0.2) is 23.1 Å². The van der Waals surface area contributed by atoms with Gasteiger partial charge in [-0.25, -0.2) is 12.8 Å². The van der Waals surface area contributed by atoms with Gasteiger partial charge in [0.15, 0.2) is 0 Å². The van der Waals surface area contributed by atoms with Crippen LogP contribution in [-0.2, 0) is 10.0 Å². The van der Waals surface area contributed by atoms with E-state index in [0.717, 1.165) is 25.3 Å². The summed E-state index contributed by atoms with van der Waals surface area (Å²) < 4.78 is 40.5. The molecule has 1 aromatic carbocycles. The average Bonchev–Trinajstić information content (AvgIpc) is 2.37. The summed E-state index contributed by atoms with van der Waals surface area (Å²) in [7, 11) is -3.85. The predicted molar refractivity (Wildman–Crippen MR) is 72.9 cm³/mol. The van der Waals surface area contributed by atoms with Crippen LogP contribution in [-0.4, -0.2) is 24.8 Å². The lowest BCUT2D eigenvalue weighted by Gasteiger charge is -2.37. The first-order chi connectivity index (χ1) is 9.39. The number of nitriles is 1. The molecule has 1 heterocycles. The first-order valence-corrected chi connectivity index (χ1v) is 8.05. The van der Waals surface area contributed by atoms with E-state index < -0.39 is 21.4 Å². The van der Waals surface area contributed by atoms with Gasteiger partial charge in [0.05, 0.1) is 0 Å². The van der Waals surface area contributed by atoms with Crippen LogP contribution in [0.1, 0.15) is 38.7 Å². The summed E-state index contributed by atoms with van der Waals surface area (Å²) in [6.07, 6.45) is 2.53. The summed E-state index contributed by atoms with van der Waals surface area (Å²) in [5, 5.41) is 9.02. The van der Waals surface area contributed by atoms with Gasteiger partial charge in [-0.2, -0.15) is 9.57 Å². The molecule has 0 bridgehead atoms. The fourth-order valence-corrected chi connectivity index (χ4v) is 4.85. The molecule has 2 atom stereocenters. The summed E-state index contributed by atoms with van der Waals surface area (Å²) in [5.74, 6) is -0.800. The summed E-state index contributed by atoms with van der Waals surface area (Å²) in [6, 6.07) is 5.09. The Morgan fingerprint density at radius 2 is 1.90 bits per heavy atom. The molecule has 0 amide bonds. The fourth-order valence-electron chi connectivity index (χ4n) is 2.81. The number of hydrogen-bond acceptors (Lipinski definition) is 3. The fraction of sp³-hybridized carbons (Fsp3) is 0.500. The van der Waals surface area contributed by atoms with E-state index in [1.54, 1.807) is 6.07 Å². The average molecular weight is 296 g/mol. The maximum Gasteiger partial charge on any atom is 0.244 e. The van der Waals surface area contributed by atoms with Crippen molar-refractivity contribution >= 4 is 10.0 Å². The Kier molecular flexibility index (Phi) is 4.11. The van der Waals surface area contributed by atoms with E-state index in [1.807, 2.05) is 13.8 Å². The van der Waals surface area contributed by atoms with Gasteiger partial charge in [0.2, 0.25) is 10.0 Å². The molecule has 108 valence electrons. The summed E-state index contributed by atoms with van der Waals surface area (Å²) in [6.45, 7) is 3.69. The molecule has 1 aliphatic rings. The van der Waals surface area contributed by atoms with Crippen molar-refractivity contribution in [3.8, 4) is 6.07 Å². The van der Waals surface area contributed by atoms with Crippen molar-refractivity contribution in [2.45, 2.75) is 50.1 Å². The number of hydrogen-bond donors (Lipinski definition) is 0. The predicted octanol–water partition coefficient (Wildman–Crippen LogP) is 2.65. The van der Waals surface area contributed by atoms with Crippen molar-refractivity contribution in [3.63, 3.8) is 0 Å². The summed E-state index contributed by atoms with van der Waals surface area (Å²) in [4.78, 5) is -0.236. The van der Waals surface area contributed by atoms with Crippen LogP contribution < -0.4 is 0 Å². The van der Waals surface area contributed by atoms with E-state index in [4.69, 9.17) is 5.26 Å². The van der Waals surface area contributed by atoms with E-state index in [2.05, 4.69) is 0 Å². The summed E-state index contributed by atoms with van der Waals surface area (Å²) in [5.41, 5.74) is -0.405. The minimum absolute atomic E-state index is 0.140. The van der Waals surface area contributed by atoms with Crippen molar-refractivity contribution in [3.05, 3.63) is 29.6 Å². The molecule has 4 nitrogen and oxygen atoms in total. The number of benzene rings is 1. The second kappa shape index (κ2) is 5.51. The van der Waals surface area contributed by atoms with Gasteiger partial charge in [-0.1, -0.05) is 12.5 Å².